The molecule has 2 saturated heterocycles. The second-order valence-electron chi connectivity index (χ2n) is 7.15. The molecule has 144 valence electrons. The van der Waals surface area contributed by atoms with Crippen molar-refractivity contribution in [3.05, 3.63) is 54.4 Å². The molecule has 0 radical (unpaired) electrons. The summed E-state index contributed by atoms with van der Waals surface area (Å²) in [6.07, 6.45) is 3.22. The number of hydrogen-bond acceptors (Lipinski definition) is 4. The Hall–Kier alpha value is -3.22. The smallest absolute Gasteiger partial charge is 0.229 e. The Bertz CT molecular complexity index is 900. The fourth-order valence-electron chi connectivity index (χ4n) is 3.74. The zero-order valence-electron chi connectivity index (χ0n) is 15.5. The number of likely N-dealkylation sites (tertiary alicyclic amines) is 1. The van der Waals surface area contributed by atoms with Gasteiger partial charge in [-0.1, -0.05) is 18.2 Å². The molecule has 7 nitrogen and oxygen atoms in total. The summed E-state index contributed by atoms with van der Waals surface area (Å²) in [5.41, 5.74) is 2.13. The number of nitrogens with one attached hydrogen (secondary N) is 1. The molecule has 0 spiro atoms. The van der Waals surface area contributed by atoms with E-state index in [0.29, 0.717) is 37.4 Å². The first kappa shape index (κ1) is 18.2. The van der Waals surface area contributed by atoms with Crippen LogP contribution in [-0.4, -0.2) is 40.7 Å². The van der Waals surface area contributed by atoms with Gasteiger partial charge >= 0.3 is 0 Å². The minimum Gasteiger partial charge on any atom is -0.336 e. The highest BCUT2D eigenvalue weighted by Crippen LogP contribution is 2.30. The van der Waals surface area contributed by atoms with Crippen molar-refractivity contribution in [2.75, 3.05) is 23.3 Å². The van der Waals surface area contributed by atoms with Crippen molar-refractivity contribution in [3.8, 4) is 0 Å². The van der Waals surface area contributed by atoms with E-state index in [0.717, 1.165) is 12.1 Å². The van der Waals surface area contributed by atoms with Crippen LogP contribution in [0.5, 0.6) is 0 Å². The number of para-hydroxylation sites is 2. The number of hydrogen-bond donors (Lipinski definition) is 1. The summed E-state index contributed by atoms with van der Waals surface area (Å²) in [5.74, 6) is -0.595. The van der Waals surface area contributed by atoms with E-state index in [1.54, 1.807) is 22.1 Å². The number of carbonyl (C=O) groups is 3. The maximum absolute atomic E-state index is 12.8. The van der Waals surface area contributed by atoms with Crippen molar-refractivity contribution in [1.29, 1.82) is 0 Å². The van der Waals surface area contributed by atoms with Gasteiger partial charge in [-0.15, -0.1) is 0 Å². The average Bonchev–Trinajstić information content (AvgIpc) is 3.29. The first-order valence-corrected chi connectivity index (χ1v) is 9.50. The molecule has 2 fully saturated rings. The van der Waals surface area contributed by atoms with Crippen LogP contribution in [0.25, 0.3) is 0 Å². The highest BCUT2D eigenvalue weighted by atomic mass is 16.2. The van der Waals surface area contributed by atoms with Crippen molar-refractivity contribution < 1.29 is 14.4 Å². The second kappa shape index (κ2) is 7.80. The molecule has 2 aliphatic rings. The van der Waals surface area contributed by atoms with Crippen LogP contribution in [0, 0.1) is 5.92 Å². The molecule has 1 aromatic heterocycles. The molecular formula is C21H22N4O3. The van der Waals surface area contributed by atoms with Crippen LogP contribution in [0.1, 0.15) is 25.0 Å². The van der Waals surface area contributed by atoms with E-state index in [4.69, 9.17) is 0 Å². The summed E-state index contributed by atoms with van der Waals surface area (Å²) in [7, 11) is 0. The van der Waals surface area contributed by atoms with Crippen LogP contribution < -0.4 is 10.2 Å². The Balaban J connectivity index is 1.43. The van der Waals surface area contributed by atoms with Crippen LogP contribution in [0.15, 0.2) is 48.7 Å². The zero-order chi connectivity index (χ0) is 19.5. The van der Waals surface area contributed by atoms with Crippen molar-refractivity contribution in [1.82, 2.24) is 9.88 Å². The number of pyridine rings is 1. The molecule has 4 rings (SSSR count). The Morgan fingerprint density at radius 2 is 1.93 bits per heavy atom. The van der Waals surface area contributed by atoms with E-state index in [2.05, 4.69) is 10.3 Å². The molecule has 3 amide bonds. The third kappa shape index (κ3) is 3.74. The average molecular weight is 378 g/mol. The lowest BCUT2D eigenvalue weighted by molar-refractivity contribution is -0.128. The molecule has 2 aromatic rings. The minimum atomic E-state index is -0.418. The number of anilines is 2. The zero-order valence-corrected chi connectivity index (χ0v) is 15.5. The van der Waals surface area contributed by atoms with E-state index < -0.39 is 5.92 Å². The molecule has 0 aliphatic carbocycles. The SMILES string of the molecule is O=C(Nc1ccccc1N1CCCC1=O)[C@H]1CC(=O)N(Cc2ccccn2)C1. The predicted molar refractivity (Wildman–Crippen MR) is 104 cm³/mol. The largest absolute Gasteiger partial charge is 0.336 e. The fraction of sp³-hybridized carbons (Fsp3) is 0.333. The van der Waals surface area contributed by atoms with Gasteiger partial charge in [0.05, 0.1) is 29.5 Å². The van der Waals surface area contributed by atoms with E-state index in [-0.39, 0.29) is 24.1 Å². The molecular weight excluding hydrogens is 356 g/mol. The topological polar surface area (TPSA) is 82.6 Å². The van der Waals surface area contributed by atoms with Gasteiger partial charge in [-0.2, -0.15) is 0 Å². The maximum atomic E-state index is 12.8. The summed E-state index contributed by atoms with van der Waals surface area (Å²) in [6, 6.07) is 12.9. The highest BCUT2D eigenvalue weighted by Gasteiger charge is 2.35. The lowest BCUT2D eigenvalue weighted by Crippen LogP contribution is -2.29. The summed E-state index contributed by atoms with van der Waals surface area (Å²) in [6.45, 7) is 1.43. The van der Waals surface area contributed by atoms with Gasteiger partial charge in [0.2, 0.25) is 17.7 Å². The Morgan fingerprint density at radius 1 is 1.11 bits per heavy atom. The summed E-state index contributed by atoms with van der Waals surface area (Å²) >= 11 is 0. The van der Waals surface area contributed by atoms with Crippen LogP contribution in [0.4, 0.5) is 11.4 Å². The minimum absolute atomic E-state index is 0.0474. The molecule has 0 saturated carbocycles. The number of amides is 3. The van der Waals surface area contributed by atoms with Crippen molar-refractivity contribution in [2.45, 2.75) is 25.8 Å². The van der Waals surface area contributed by atoms with E-state index >= 15 is 0 Å². The van der Waals surface area contributed by atoms with Gasteiger partial charge in [0.15, 0.2) is 0 Å². The van der Waals surface area contributed by atoms with Crippen LogP contribution >= 0.6 is 0 Å². The Kier molecular flexibility index (Phi) is 5.06. The molecule has 28 heavy (non-hydrogen) atoms. The predicted octanol–water partition coefficient (Wildman–Crippen LogP) is 2.20. The maximum Gasteiger partial charge on any atom is 0.229 e. The van der Waals surface area contributed by atoms with E-state index in [9.17, 15) is 14.4 Å². The number of rotatable bonds is 5. The standard InChI is InChI=1S/C21H22N4O3/c26-19-9-5-11-25(19)18-8-2-1-7-17(18)23-21(28)15-12-20(27)24(13-15)14-16-6-3-4-10-22-16/h1-4,6-8,10,15H,5,9,11-14H2,(H,23,28)/t15-/m0/s1. The van der Waals surface area contributed by atoms with Crippen LogP contribution in [-0.2, 0) is 20.9 Å². The molecule has 1 N–H and O–H groups in total. The van der Waals surface area contributed by atoms with Gasteiger partial charge in [0.1, 0.15) is 0 Å². The number of aromatic nitrogens is 1. The molecule has 1 atom stereocenters. The van der Waals surface area contributed by atoms with Gasteiger partial charge in [-0.25, -0.2) is 0 Å². The van der Waals surface area contributed by atoms with Gasteiger partial charge in [0.25, 0.3) is 0 Å². The van der Waals surface area contributed by atoms with Crippen LogP contribution in [0.2, 0.25) is 0 Å². The summed E-state index contributed by atoms with van der Waals surface area (Å²) in [5, 5.41) is 2.93. The molecule has 0 bridgehead atoms. The summed E-state index contributed by atoms with van der Waals surface area (Å²) < 4.78 is 0. The normalized spacial score (nSPS) is 19.4. The van der Waals surface area contributed by atoms with E-state index in [1.165, 1.54) is 0 Å². The molecule has 1 aromatic carbocycles. The van der Waals surface area contributed by atoms with Crippen molar-refractivity contribution >= 4 is 29.1 Å². The third-order valence-electron chi connectivity index (χ3n) is 5.19. The monoisotopic (exact) mass is 378 g/mol. The fourth-order valence-corrected chi connectivity index (χ4v) is 3.74. The van der Waals surface area contributed by atoms with Crippen LogP contribution in [0.3, 0.4) is 0 Å². The molecule has 2 aliphatic heterocycles. The number of carbonyl (C=O) groups excluding carboxylic acids is 3. The quantitative estimate of drug-likeness (QED) is 0.865. The molecule has 0 unspecified atom stereocenters. The number of nitrogens with zero attached hydrogens (tertiary/aromatic N) is 3. The number of benzene rings is 1. The van der Waals surface area contributed by atoms with Crippen molar-refractivity contribution in [3.63, 3.8) is 0 Å². The lowest BCUT2D eigenvalue weighted by atomic mass is 10.1. The van der Waals surface area contributed by atoms with Gasteiger partial charge in [-0.05, 0) is 30.7 Å². The highest BCUT2D eigenvalue weighted by molar-refractivity contribution is 6.03. The second-order valence-corrected chi connectivity index (χ2v) is 7.15. The third-order valence-corrected chi connectivity index (χ3v) is 5.19. The van der Waals surface area contributed by atoms with Crippen molar-refractivity contribution in [2.24, 2.45) is 5.92 Å². The van der Waals surface area contributed by atoms with Gasteiger partial charge in [-0.3, -0.25) is 19.4 Å². The Labute approximate surface area is 163 Å². The first-order chi connectivity index (χ1) is 13.6. The van der Waals surface area contributed by atoms with Gasteiger partial charge < -0.3 is 15.1 Å². The molecule has 3 heterocycles. The Morgan fingerprint density at radius 3 is 2.68 bits per heavy atom. The summed E-state index contributed by atoms with van der Waals surface area (Å²) in [4.78, 5) is 44.8. The lowest BCUT2D eigenvalue weighted by Gasteiger charge is -2.21. The van der Waals surface area contributed by atoms with Gasteiger partial charge in [0, 0.05) is 32.1 Å². The molecule has 7 heteroatoms. The van der Waals surface area contributed by atoms with E-state index in [1.807, 2.05) is 36.4 Å². The first-order valence-electron chi connectivity index (χ1n) is 9.50.